The van der Waals surface area contributed by atoms with Crippen LogP contribution in [-0.4, -0.2) is 43.6 Å². The monoisotopic (exact) mass is 438 g/mol. The first kappa shape index (κ1) is 22.1. The van der Waals surface area contributed by atoms with Gasteiger partial charge < -0.3 is 19.5 Å². The molecule has 1 fully saturated rings. The predicted octanol–water partition coefficient (Wildman–Crippen LogP) is 3.40. The van der Waals surface area contributed by atoms with Crippen molar-refractivity contribution in [3.8, 4) is 17.2 Å². The molecule has 0 bridgehead atoms. The molecule has 2 heterocycles. The van der Waals surface area contributed by atoms with Crippen molar-refractivity contribution in [1.82, 2.24) is 10.2 Å². The number of carbonyl (C=O) groups is 2. The van der Waals surface area contributed by atoms with E-state index in [1.807, 2.05) is 18.2 Å². The molecule has 1 saturated heterocycles. The molecular formula is C25H30N2O5. The fourth-order valence-electron chi connectivity index (χ4n) is 4.10. The van der Waals surface area contributed by atoms with Gasteiger partial charge in [0.25, 0.3) is 0 Å². The fraction of sp³-hybridized carbons (Fsp3) is 0.440. The third-order valence-electron chi connectivity index (χ3n) is 6.01. The Hall–Kier alpha value is -3.06. The molecule has 2 aromatic rings. The predicted molar refractivity (Wildman–Crippen MR) is 120 cm³/mol. The molecule has 1 N–H and O–H groups in total. The Bertz CT molecular complexity index is 974. The van der Waals surface area contributed by atoms with Crippen molar-refractivity contribution >= 4 is 11.8 Å². The number of hydrogen-bond donors (Lipinski definition) is 1. The zero-order valence-corrected chi connectivity index (χ0v) is 18.7. The standard InChI is InChI=1S/C25H30N2O5/c1-17(19-7-9-21-20(15-19)10-12-31-21)26-16-18-6-8-22(23(14-18)30-2)32-13-11-27-24(28)4-3-5-25(27)29/h6-9,14-15,17,26H,3-5,10-13,16H2,1-2H3. The molecule has 1 unspecified atom stereocenters. The third kappa shape index (κ3) is 5.05. The second-order valence-electron chi connectivity index (χ2n) is 8.19. The van der Waals surface area contributed by atoms with E-state index in [-0.39, 0.29) is 31.0 Å². The van der Waals surface area contributed by atoms with Crippen molar-refractivity contribution in [2.24, 2.45) is 0 Å². The third-order valence-corrected chi connectivity index (χ3v) is 6.01. The summed E-state index contributed by atoms with van der Waals surface area (Å²) in [7, 11) is 1.60. The van der Waals surface area contributed by atoms with Crippen molar-refractivity contribution < 1.29 is 23.8 Å². The van der Waals surface area contributed by atoms with E-state index in [1.165, 1.54) is 16.0 Å². The normalized spacial score (nSPS) is 16.5. The molecule has 7 nitrogen and oxygen atoms in total. The van der Waals surface area contributed by atoms with E-state index in [1.54, 1.807) is 7.11 Å². The van der Waals surface area contributed by atoms with E-state index in [0.717, 1.165) is 24.3 Å². The highest BCUT2D eigenvalue weighted by atomic mass is 16.5. The maximum Gasteiger partial charge on any atom is 0.229 e. The molecule has 0 spiro atoms. The van der Waals surface area contributed by atoms with Gasteiger partial charge in [0, 0.05) is 31.8 Å². The second-order valence-corrected chi connectivity index (χ2v) is 8.19. The number of fused-ring (bicyclic) bond motifs is 1. The van der Waals surface area contributed by atoms with Crippen LogP contribution in [0.25, 0.3) is 0 Å². The van der Waals surface area contributed by atoms with Gasteiger partial charge in [0.1, 0.15) is 12.4 Å². The van der Waals surface area contributed by atoms with Crippen LogP contribution < -0.4 is 19.5 Å². The minimum absolute atomic E-state index is 0.122. The molecule has 32 heavy (non-hydrogen) atoms. The van der Waals surface area contributed by atoms with Gasteiger partial charge in [-0.2, -0.15) is 0 Å². The van der Waals surface area contributed by atoms with Gasteiger partial charge in [0.2, 0.25) is 11.8 Å². The Kier molecular flexibility index (Phi) is 6.95. The number of benzene rings is 2. The topological polar surface area (TPSA) is 77.1 Å². The number of imide groups is 1. The average molecular weight is 439 g/mol. The van der Waals surface area contributed by atoms with Crippen molar-refractivity contribution in [1.29, 1.82) is 0 Å². The van der Waals surface area contributed by atoms with Gasteiger partial charge >= 0.3 is 0 Å². The molecular weight excluding hydrogens is 408 g/mol. The lowest BCUT2D eigenvalue weighted by Gasteiger charge is -2.24. The van der Waals surface area contributed by atoms with E-state index in [4.69, 9.17) is 14.2 Å². The maximum atomic E-state index is 11.9. The summed E-state index contributed by atoms with van der Waals surface area (Å²) >= 11 is 0. The number of methoxy groups -OCH3 is 1. The van der Waals surface area contributed by atoms with Gasteiger partial charge in [-0.05, 0) is 48.2 Å². The smallest absolute Gasteiger partial charge is 0.229 e. The minimum atomic E-state index is -0.122. The van der Waals surface area contributed by atoms with Crippen molar-refractivity contribution in [2.75, 3.05) is 26.9 Å². The number of ether oxygens (including phenoxy) is 3. The van der Waals surface area contributed by atoms with Crippen molar-refractivity contribution in [2.45, 2.75) is 45.2 Å². The lowest BCUT2D eigenvalue weighted by molar-refractivity contribution is -0.148. The van der Waals surface area contributed by atoms with Crippen LogP contribution in [0.5, 0.6) is 17.2 Å². The SMILES string of the molecule is COc1cc(CNC(C)c2ccc3c(c2)CCO3)ccc1OCCN1C(=O)CCCC1=O. The Morgan fingerprint density at radius 2 is 1.88 bits per heavy atom. The van der Waals surface area contributed by atoms with E-state index in [9.17, 15) is 9.59 Å². The molecule has 0 aliphatic carbocycles. The molecule has 2 aliphatic rings. The quantitative estimate of drug-likeness (QED) is 0.605. The first-order valence-corrected chi connectivity index (χ1v) is 11.2. The minimum Gasteiger partial charge on any atom is -0.493 e. The highest BCUT2D eigenvalue weighted by Gasteiger charge is 2.25. The molecule has 2 aromatic carbocycles. The van der Waals surface area contributed by atoms with E-state index in [2.05, 4.69) is 30.4 Å². The Labute approximate surface area is 188 Å². The maximum absolute atomic E-state index is 11.9. The Morgan fingerprint density at radius 1 is 1.06 bits per heavy atom. The first-order chi connectivity index (χ1) is 15.5. The molecule has 4 rings (SSSR count). The van der Waals surface area contributed by atoms with Gasteiger partial charge in [0.05, 0.1) is 20.3 Å². The molecule has 2 amide bonds. The molecule has 7 heteroatoms. The van der Waals surface area contributed by atoms with Crippen LogP contribution in [0.15, 0.2) is 36.4 Å². The number of amides is 2. The number of carbonyl (C=O) groups excluding carboxylic acids is 2. The summed E-state index contributed by atoms with van der Waals surface area (Å²) in [5, 5.41) is 3.55. The summed E-state index contributed by atoms with van der Waals surface area (Å²) in [6, 6.07) is 12.4. The summed E-state index contributed by atoms with van der Waals surface area (Å²) in [5.41, 5.74) is 3.59. The van der Waals surface area contributed by atoms with Gasteiger partial charge in [-0.3, -0.25) is 14.5 Å². The van der Waals surface area contributed by atoms with Crippen LogP contribution in [0.3, 0.4) is 0 Å². The van der Waals surface area contributed by atoms with Crippen LogP contribution in [0.4, 0.5) is 0 Å². The number of piperidine rings is 1. The zero-order valence-electron chi connectivity index (χ0n) is 18.7. The lowest BCUT2D eigenvalue weighted by Crippen LogP contribution is -2.42. The number of likely N-dealkylation sites (tertiary alicyclic amines) is 1. The molecule has 1 atom stereocenters. The first-order valence-electron chi connectivity index (χ1n) is 11.2. The van der Waals surface area contributed by atoms with Crippen molar-refractivity contribution in [3.05, 3.63) is 53.1 Å². The molecule has 2 aliphatic heterocycles. The van der Waals surface area contributed by atoms with Crippen LogP contribution >= 0.6 is 0 Å². The molecule has 0 aromatic heterocycles. The summed E-state index contributed by atoms with van der Waals surface area (Å²) in [5.74, 6) is 1.98. The van der Waals surface area contributed by atoms with Gasteiger partial charge in [-0.15, -0.1) is 0 Å². The van der Waals surface area contributed by atoms with Gasteiger partial charge in [0.15, 0.2) is 11.5 Å². The van der Waals surface area contributed by atoms with Crippen LogP contribution in [-0.2, 0) is 22.6 Å². The highest BCUT2D eigenvalue weighted by molar-refractivity contribution is 5.97. The number of hydrogen-bond acceptors (Lipinski definition) is 6. The Balaban J connectivity index is 1.31. The fourth-order valence-corrected chi connectivity index (χ4v) is 4.10. The van der Waals surface area contributed by atoms with E-state index < -0.39 is 0 Å². The van der Waals surface area contributed by atoms with Crippen LogP contribution in [0, 0.1) is 0 Å². The average Bonchev–Trinajstić information content (AvgIpc) is 3.27. The van der Waals surface area contributed by atoms with Gasteiger partial charge in [-0.25, -0.2) is 0 Å². The zero-order chi connectivity index (χ0) is 22.5. The van der Waals surface area contributed by atoms with Gasteiger partial charge in [-0.1, -0.05) is 18.2 Å². The second kappa shape index (κ2) is 10.0. The van der Waals surface area contributed by atoms with Crippen LogP contribution in [0.1, 0.15) is 48.9 Å². The van der Waals surface area contributed by atoms with Crippen molar-refractivity contribution in [3.63, 3.8) is 0 Å². The Morgan fingerprint density at radius 3 is 2.66 bits per heavy atom. The molecule has 170 valence electrons. The number of nitrogens with one attached hydrogen (secondary N) is 1. The molecule has 0 radical (unpaired) electrons. The van der Waals surface area contributed by atoms with E-state index >= 15 is 0 Å². The molecule has 0 saturated carbocycles. The largest absolute Gasteiger partial charge is 0.493 e. The summed E-state index contributed by atoms with van der Waals surface area (Å²) in [6.07, 6.45) is 2.45. The number of rotatable bonds is 9. The summed E-state index contributed by atoms with van der Waals surface area (Å²) < 4.78 is 16.9. The van der Waals surface area contributed by atoms with E-state index in [0.29, 0.717) is 37.3 Å². The number of nitrogens with zero attached hydrogens (tertiary/aromatic N) is 1. The summed E-state index contributed by atoms with van der Waals surface area (Å²) in [6.45, 7) is 4.09. The highest BCUT2D eigenvalue weighted by Crippen LogP contribution is 2.30. The van der Waals surface area contributed by atoms with Crippen LogP contribution in [0.2, 0.25) is 0 Å². The lowest BCUT2D eigenvalue weighted by atomic mass is 10.0. The summed E-state index contributed by atoms with van der Waals surface area (Å²) in [4.78, 5) is 25.1.